The first-order valence-corrected chi connectivity index (χ1v) is 12.3. The molecule has 1 heterocycles. The summed E-state index contributed by atoms with van der Waals surface area (Å²) in [5, 5.41) is 0. The summed E-state index contributed by atoms with van der Waals surface area (Å²) in [4.78, 5) is 3.81. The number of nitrogens with two attached hydrogens (primary N) is 1. The Labute approximate surface area is 199 Å². The van der Waals surface area contributed by atoms with E-state index in [1.807, 2.05) is 0 Å². The Morgan fingerprint density at radius 2 is 1.66 bits per heavy atom. The topological polar surface area (TPSA) is 59.8 Å². The van der Waals surface area contributed by atoms with Gasteiger partial charge in [-0.2, -0.15) is 0 Å². The lowest BCUT2D eigenvalue weighted by molar-refractivity contribution is 0.250. The van der Waals surface area contributed by atoms with E-state index in [4.69, 9.17) is 9.47 Å². The fraction of sp³-hybridized carbons (Fsp3) is 0.538. The van der Waals surface area contributed by atoms with Crippen LogP contribution in [0.25, 0.3) is 0 Å². The molecule has 0 amide bonds. The number of benzene rings is 2. The minimum Gasteiger partial charge on any atom is -0.493 e. The van der Waals surface area contributed by atoms with Crippen molar-refractivity contribution in [1.29, 1.82) is 0 Å². The van der Waals surface area contributed by atoms with Crippen LogP contribution in [0.4, 0.5) is 0 Å². The molecule has 0 aromatic heterocycles. The Morgan fingerprint density at radius 3 is 2.25 bits per heavy atom. The lowest BCUT2D eigenvalue weighted by Gasteiger charge is -2.29. The fourth-order valence-corrected chi connectivity index (χ4v) is 4.51. The number of fused-ring (bicyclic) bond motifs is 1. The lowest BCUT2D eigenvalue weighted by atomic mass is 9.82. The first kappa shape index (κ1) is 26.5. The maximum Gasteiger partial charge on any atom is 0.161 e. The number of hydrogen-bond donors (Lipinski definition) is 2. The molecule has 0 radical (unpaired) electrons. The summed E-state index contributed by atoms with van der Waals surface area (Å²) in [6, 6.07) is 13.3. The monoisotopic (exact) mass is 459 g/mol. The van der Waals surface area contributed by atoms with E-state index in [1.54, 1.807) is 26.2 Å². The third kappa shape index (κ3) is 7.14. The van der Waals surface area contributed by atoms with Gasteiger partial charge < -0.3 is 15.2 Å². The molecule has 3 N–H and O–H groups in total. The normalized spacial score (nSPS) is 13.7. The van der Waals surface area contributed by atoms with E-state index in [-0.39, 0.29) is 5.41 Å². The van der Waals surface area contributed by atoms with E-state index in [0.29, 0.717) is 0 Å². The third-order valence-electron chi connectivity index (χ3n) is 6.26. The first-order chi connectivity index (χ1) is 15.5. The van der Waals surface area contributed by atoms with Gasteiger partial charge in [0, 0.05) is 24.5 Å². The van der Waals surface area contributed by atoms with Crippen LogP contribution in [0, 0.1) is 0 Å². The molecule has 0 spiro atoms. The van der Waals surface area contributed by atoms with Crippen molar-refractivity contribution in [2.75, 3.05) is 40.9 Å². The highest BCUT2D eigenvalue weighted by atomic mass is 32.2. The van der Waals surface area contributed by atoms with Gasteiger partial charge >= 0.3 is 0 Å². The lowest BCUT2D eigenvalue weighted by Crippen LogP contribution is -2.32. The molecule has 2 aromatic rings. The van der Waals surface area contributed by atoms with Gasteiger partial charge in [-0.05, 0) is 91.2 Å². The summed E-state index contributed by atoms with van der Waals surface area (Å²) >= 11 is 1.73. The molecule has 2 aromatic carbocycles. The van der Waals surface area contributed by atoms with Crippen LogP contribution < -0.4 is 19.9 Å². The van der Waals surface area contributed by atoms with Gasteiger partial charge in [0.15, 0.2) is 11.5 Å². The standard InChI is InChI=1S/C25H36N2O2S.CH5N/c1-6-25(2,3)21-8-10-22(11-9-21)30-26-13-7-14-27-15-12-19-16-23(28-4)24(29-5)17-20(19)18-27;1-2/h8-11,16-17,26H,6-7,12-15,18H2,1-5H3;2H2,1H3. The average molecular weight is 460 g/mol. The van der Waals surface area contributed by atoms with Gasteiger partial charge in [-0.1, -0.05) is 32.9 Å². The van der Waals surface area contributed by atoms with Crippen molar-refractivity contribution >= 4 is 11.9 Å². The second-order valence-electron chi connectivity index (χ2n) is 8.61. The average Bonchev–Trinajstić information content (AvgIpc) is 2.84. The molecule has 1 aliphatic rings. The highest BCUT2D eigenvalue weighted by Crippen LogP contribution is 2.33. The molecule has 6 heteroatoms. The highest BCUT2D eigenvalue weighted by Gasteiger charge is 2.19. The number of rotatable bonds is 10. The molecule has 0 saturated carbocycles. The predicted molar refractivity (Wildman–Crippen MR) is 137 cm³/mol. The summed E-state index contributed by atoms with van der Waals surface area (Å²) < 4.78 is 14.4. The molecule has 3 rings (SSSR count). The molecule has 0 atom stereocenters. The second kappa shape index (κ2) is 13.1. The van der Waals surface area contributed by atoms with Gasteiger partial charge in [-0.25, -0.2) is 0 Å². The van der Waals surface area contributed by atoms with E-state index < -0.39 is 0 Å². The Hall–Kier alpha value is -1.73. The molecule has 1 aliphatic heterocycles. The largest absolute Gasteiger partial charge is 0.493 e. The van der Waals surface area contributed by atoms with E-state index in [2.05, 4.69) is 72.5 Å². The molecule has 5 nitrogen and oxygen atoms in total. The number of hydrogen-bond acceptors (Lipinski definition) is 6. The summed E-state index contributed by atoms with van der Waals surface area (Å²) in [5.74, 6) is 1.65. The first-order valence-electron chi connectivity index (χ1n) is 11.5. The van der Waals surface area contributed by atoms with E-state index >= 15 is 0 Å². The SMILES string of the molecule is CCC(C)(C)c1ccc(SNCCCN2CCc3cc(OC)c(OC)cc3C2)cc1.CN. The van der Waals surface area contributed by atoms with Crippen LogP contribution in [0.1, 0.15) is 50.3 Å². The highest BCUT2D eigenvalue weighted by molar-refractivity contribution is 7.97. The summed E-state index contributed by atoms with van der Waals surface area (Å²) in [7, 11) is 4.90. The molecule has 0 aliphatic carbocycles. The van der Waals surface area contributed by atoms with E-state index in [1.165, 1.54) is 28.6 Å². The molecule has 178 valence electrons. The van der Waals surface area contributed by atoms with Gasteiger partial charge in [-0.15, -0.1) is 0 Å². The zero-order valence-electron chi connectivity index (χ0n) is 20.7. The summed E-state index contributed by atoms with van der Waals surface area (Å²) in [6.45, 7) is 11.0. The zero-order chi connectivity index (χ0) is 23.6. The van der Waals surface area contributed by atoms with Crippen LogP contribution in [0.5, 0.6) is 11.5 Å². The third-order valence-corrected chi connectivity index (χ3v) is 7.12. The van der Waals surface area contributed by atoms with Gasteiger partial charge in [0.2, 0.25) is 0 Å². The van der Waals surface area contributed by atoms with Gasteiger partial charge in [0.1, 0.15) is 0 Å². The van der Waals surface area contributed by atoms with Crippen molar-refractivity contribution < 1.29 is 9.47 Å². The summed E-state index contributed by atoms with van der Waals surface area (Å²) in [6.07, 6.45) is 3.36. The smallest absolute Gasteiger partial charge is 0.161 e. The van der Waals surface area contributed by atoms with Crippen molar-refractivity contribution in [3.05, 3.63) is 53.1 Å². The molecule has 32 heavy (non-hydrogen) atoms. The van der Waals surface area contributed by atoms with Crippen LogP contribution in [0.3, 0.4) is 0 Å². The number of nitrogens with one attached hydrogen (secondary N) is 1. The van der Waals surface area contributed by atoms with Gasteiger partial charge in [0.05, 0.1) is 14.2 Å². The molecular formula is C26H41N3O2S. The maximum atomic E-state index is 5.47. The predicted octanol–water partition coefficient (Wildman–Crippen LogP) is 5.01. The number of ether oxygens (including phenoxy) is 2. The Balaban J connectivity index is 0.00000176. The molecule has 0 bridgehead atoms. The van der Waals surface area contributed by atoms with Crippen molar-refractivity contribution in [1.82, 2.24) is 9.62 Å². The number of methoxy groups -OCH3 is 2. The Kier molecular flexibility index (Phi) is 10.9. The fourth-order valence-electron chi connectivity index (χ4n) is 3.82. The number of nitrogens with zero attached hydrogens (tertiary/aromatic N) is 1. The second-order valence-corrected chi connectivity index (χ2v) is 9.58. The van der Waals surface area contributed by atoms with Crippen molar-refractivity contribution in [3.63, 3.8) is 0 Å². The Bertz CT molecular complexity index is 825. The molecule has 0 unspecified atom stereocenters. The molecule has 0 saturated heterocycles. The Morgan fingerprint density at radius 1 is 1.03 bits per heavy atom. The van der Waals surface area contributed by atoms with E-state index in [9.17, 15) is 0 Å². The van der Waals surface area contributed by atoms with Gasteiger partial charge in [0.25, 0.3) is 0 Å². The summed E-state index contributed by atoms with van der Waals surface area (Å²) in [5.41, 5.74) is 8.90. The van der Waals surface area contributed by atoms with Crippen molar-refractivity contribution in [3.8, 4) is 11.5 Å². The minimum atomic E-state index is 0.249. The maximum absolute atomic E-state index is 5.47. The van der Waals surface area contributed by atoms with Crippen LogP contribution >= 0.6 is 11.9 Å². The minimum absolute atomic E-state index is 0.249. The molecule has 0 fully saturated rings. The quantitative estimate of drug-likeness (QED) is 0.385. The van der Waals surface area contributed by atoms with Crippen LogP contribution in [0.15, 0.2) is 41.3 Å². The van der Waals surface area contributed by atoms with Crippen LogP contribution in [-0.2, 0) is 18.4 Å². The van der Waals surface area contributed by atoms with Crippen LogP contribution in [0.2, 0.25) is 0 Å². The van der Waals surface area contributed by atoms with Crippen molar-refractivity contribution in [2.24, 2.45) is 5.73 Å². The zero-order valence-corrected chi connectivity index (χ0v) is 21.5. The van der Waals surface area contributed by atoms with Crippen molar-refractivity contribution in [2.45, 2.75) is 56.9 Å². The van der Waals surface area contributed by atoms with E-state index in [0.717, 1.165) is 56.9 Å². The van der Waals surface area contributed by atoms with Gasteiger partial charge in [-0.3, -0.25) is 9.62 Å². The molecular weight excluding hydrogens is 418 g/mol. The van der Waals surface area contributed by atoms with Crippen LogP contribution in [-0.4, -0.2) is 45.8 Å².